The van der Waals surface area contributed by atoms with Gasteiger partial charge >= 0.3 is 0 Å². The first-order valence-corrected chi connectivity index (χ1v) is 10.7. The van der Waals surface area contributed by atoms with Gasteiger partial charge in [0.1, 0.15) is 0 Å². The quantitative estimate of drug-likeness (QED) is 0.609. The zero-order valence-corrected chi connectivity index (χ0v) is 15.7. The summed E-state index contributed by atoms with van der Waals surface area (Å²) in [5, 5.41) is 13.9. The van der Waals surface area contributed by atoms with Crippen LogP contribution in [0.5, 0.6) is 0 Å². The largest absolute Gasteiger partial charge is 0.391 e. The summed E-state index contributed by atoms with van der Waals surface area (Å²) in [5.41, 5.74) is 0.839. The van der Waals surface area contributed by atoms with E-state index in [-0.39, 0.29) is 17.9 Å². The Bertz CT molecular complexity index is 546. The van der Waals surface area contributed by atoms with Crippen LogP contribution in [0.3, 0.4) is 0 Å². The summed E-state index contributed by atoms with van der Waals surface area (Å²) < 4.78 is 17.9. The molecular formula is C17H27ClNO4P. The molecule has 3 N–H and O–H groups in total. The van der Waals surface area contributed by atoms with Gasteiger partial charge in [-0.3, -0.25) is 4.57 Å². The molecular weight excluding hydrogens is 349 g/mol. The average molecular weight is 376 g/mol. The third-order valence-electron chi connectivity index (χ3n) is 4.64. The molecule has 0 saturated heterocycles. The first kappa shape index (κ1) is 19.9. The molecule has 0 spiro atoms. The molecule has 24 heavy (non-hydrogen) atoms. The van der Waals surface area contributed by atoms with Gasteiger partial charge < -0.3 is 20.1 Å². The number of aliphatic hydroxyl groups excluding tert-OH is 1. The summed E-state index contributed by atoms with van der Waals surface area (Å²) in [5.74, 6) is 0. The Morgan fingerprint density at radius 1 is 1.29 bits per heavy atom. The van der Waals surface area contributed by atoms with Crippen molar-refractivity contribution in [3.63, 3.8) is 0 Å². The average Bonchev–Trinajstić information content (AvgIpc) is 2.56. The van der Waals surface area contributed by atoms with Crippen LogP contribution in [0.25, 0.3) is 0 Å². The van der Waals surface area contributed by atoms with Gasteiger partial charge in [0.05, 0.1) is 18.4 Å². The van der Waals surface area contributed by atoms with Crippen LogP contribution in [0, 0.1) is 0 Å². The molecule has 136 valence electrons. The van der Waals surface area contributed by atoms with Gasteiger partial charge in [-0.2, -0.15) is 0 Å². The van der Waals surface area contributed by atoms with Crippen LogP contribution in [0.2, 0.25) is 5.02 Å². The third-order valence-corrected chi connectivity index (χ3v) is 7.50. The van der Waals surface area contributed by atoms with Crippen LogP contribution in [0.15, 0.2) is 24.3 Å². The summed E-state index contributed by atoms with van der Waals surface area (Å²) in [4.78, 5) is 10.3. The molecule has 0 amide bonds. The molecule has 1 aliphatic carbocycles. The van der Waals surface area contributed by atoms with Gasteiger partial charge in [0.15, 0.2) is 0 Å². The number of rotatable bonds is 8. The van der Waals surface area contributed by atoms with Gasteiger partial charge in [0.2, 0.25) is 7.37 Å². The monoisotopic (exact) mass is 375 g/mol. The number of ether oxygens (including phenoxy) is 1. The molecule has 0 aromatic heterocycles. The zero-order valence-electron chi connectivity index (χ0n) is 14.0. The fourth-order valence-corrected chi connectivity index (χ4v) is 5.45. The maximum atomic E-state index is 12.6. The molecule has 5 nitrogen and oxygen atoms in total. The number of halogens is 1. The van der Waals surface area contributed by atoms with Crippen LogP contribution in [0.4, 0.5) is 0 Å². The van der Waals surface area contributed by atoms with E-state index < -0.39 is 13.5 Å². The molecule has 2 atom stereocenters. The standard InChI is InChI=1S/C17H27ClNO4P/c1-23-16-6-8-17(9-7-16)24(21,22)12-15(20)11-19-10-13-2-4-14(18)5-3-13/h2-5,15-17,19-20H,6-12H2,1H3,(H,21,22). The highest BCUT2D eigenvalue weighted by Gasteiger charge is 2.35. The summed E-state index contributed by atoms with van der Waals surface area (Å²) in [7, 11) is -1.66. The van der Waals surface area contributed by atoms with E-state index in [1.54, 1.807) is 7.11 Å². The van der Waals surface area contributed by atoms with Crippen molar-refractivity contribution in [3.8, 4) is 0 Å². The molecule has 0 heterocycles. The fraction of sp³-hybridized carbons (Fsp3) is 0.647. The van der Waals surface area contributed by atoms with Crippen molar-refractivity contribution in [2.45, 2.75) is 50.1 Å². The van der Waals surface area contributed by atoms with E-state index in [4.69, 9.17) is 16.3 Å². The molecule has 2 unspecified atom stereocenters. The predicted molar refractivity (Wildman–Crippen MR) is 96.9 cm³/mol. The molecule has 1 aromatic carbocycles. The van der Waals surface area contributed by atoms with Gasteiger partial charge in [-0.25, -0.2) is 0 Å². The van der Waals surface area contributed by atoms with Crippen molar-refractivity contribution in [2.24, 2.45) is 0 Å². The second-order valence-corrected chi connectivity index (χ2v) is 9.56. The Balaban J connectivity index is 1.73. The minimum Gasteiger partial charge on any atom is -0.391 e. The lowest BCUT2D eigenvalue weighted by Crippen LogP contribution is -2.32. The minimum absolute atomic E-state index is 0.0526. The van der Waals surface area contributed by atoms with Crippen molar-refractivity contribution >= 4 is 19.0 Å². The lowest BCUT2D eigenvalue weighted by molar-refractivity contribution is 0.0707. The second-order valence-electron chi connectivity index (χ2n) is 6.52. The van der Waals surface area contributed by atoms with Crippen LogP contribution >= 0.6 is 19.0 Å². The Labute approximate surface area is 148 Å². The van der Waals surface area contributed by atoms with Gasteiger partial charge in [-0.15, -0.1) is 0 Å². The van der Waals surface area contributed by atoms with Crippen molar-refractivity contribution in [1.82, 2.24) is 5.32 Å². The number of hydrogen-bond donors (Lipinski definition) is 3. The highest BCUT2D eigenvalue weighted by molar-refractivity contribution is 7.58. The topological polar surface area (TPSA) is 78.8 Å². The number of benzene rings is 1. The molecule has 0 bridgehead atoms. The zero-order chi connectivity index (χ0) is 17.6. The van der Waals surface area contributed by atoms with Crippen molar-refractivity contribution in [1.29, 1.82) is 0 Å². The van der Waals surface area contributed by atoms with Crippen LogP contribution in [0.1, 0.15) is 31.2 Å². The molecule has 2 rings (SSSR count). The summed E-state index contributed by atoms with van der Waals surface area (Å²) >= 11 is 5.83. The number of methoxy groups -OCH3 is 1. The SMILES string of the molecule is COC1CCC(P(=O)(O)CC(O)CNCc2ccc(Cl)cc2)CC1. The van der Waals surface area contributed by atoms with Gasteiger partial charge in [-0.05, 0) is 43.4 Å². The van der Waals surface area contributed by atoms with E-state index in [9.17, 15) is 14.6 Å². The van der Waals surface area contributed by atoms with E-state index >= 15 is 0 Å². The summed E-state index contributed by atoms with van der Waals surface area (Å²) in [6, 6.07) is 7.44. The minimum atomic E-state index is -3.34. The highest BCUT2D eigenvalue weighted by Crippen LogP contribution is 2.52. The summed E-state index contributed by atoms with van der Waals surface area (Å²) in [6.07, 6.45) is 2.34. The fourth-order valence-electron chi connectivity index (χ4n) is 3.19. The predicted octanol–water partition coefficient (Wildman–Crippen LogP) is 3.02. The maximum Gasteiger partial charge on any atom is 0.206 e. The van der Waals surface area contributed by atoms with E-state index in [0.717, 1.165) is 18.4 Å². The third kappa shape index (κ3) is 6.14. The van der Waals surface area contributed by atoms with Crippen molar-refractivity contribution in [2.75, 3.05) is 19.8 Å². The highest BCUT2D eigenvalue weighted by atomic mass is 35.5. The number of aliphatic hydroxyl groups is 1. The smallest absolute Gasteiger partial charge is 0.206 e. The number of hydrogen-bond acceptors (Lipinski definition) is 4. The van der Waals surface area contributed by atoms with E-state index in [1.165, 1.54) is 0 Å². The Morgan fingerprint density at radius 3 is 2.50 bits per heavy atom. The molecule has 1 saturated carbocycles. The normalized spacial score (nSPS) is 25.2. The van der Waals surface area contributed by atoms with Crippen LogP contribution < -0.4 is 5.32 Å². The first-order valence-electron chi connectivity index (χ1n) is 8.38. The number of nitrogens with one attached hydrogen (secondary N) is 1. The Morgan fingerprint density at radius 2 is 1.92 bits per heavy atom. The lowest BCUT2D eigenvalue weighted by Gasteiger charge is -2.31. The van der Waals surface area contributed by atoms with Gasteiger partial charge in [0.25, 0.3) is 0 Å². The van der Waals surface area contributed by atoms with Crippen molar-refractivity contribution < 1.29 is 19.3 Å². The van der Waals surface area contributed by atoms with Crippen LogP contribution in [-0.2, 0) is 15.8 Å². The molecule has 1 aromatic rings. The lowest BCUT2D eigenvalue weighted by atomic mass is 9.97. The van der Waals surface area contributed by atoms with E-state index in [2.05, 4.69) is 5.32 Å². The molecule has 0 radical (unpaired) electrons. The Kier molecular flexibility index (Phi) is 7.73. The van der Waals surface area contributed by atoms with Crippen molar-refractivity contribution in [3.05, 3.63) is 34.9 Å². The molecule has 1 aliphatic rings. The molecule has 7 heteroatoms. The Hall–Kier alpha value is -0.420. The molecule has 0 aliphatic heterocycles. The maximum absolute atomic E-state index is 12.6. The van der Waals surface area contributed by atoms with Gasteiger partial charge in [0, 0.05) is 30.9 Å². The first-order chi connectivity index (χ1) is 11.4. The van der Waals surface area contributed by atoms with E-state index in [1.807, 2.05) is 24.3 Å². The summed E-state index contributed by atoms with van der Waals surface area (Å²) in [6.45, 7) is 0.878. The van der Waals surface area contributed by atoms with E-state index in [0.29, 0.717) is 31.0 Å². The van der Waals surface area contributed by atoms with Crippen LogP contribution in [-0.4, -0.2) is 47.7 Å². The second kappa shape index (κ2) is 9.33. The van der Waals surface area contributed by atoms with Gasteiger partial charge in [-0.1, -0.05) is 23.7 Å². The molecule has 1 fully saturated rings.